The molecule has 0 aliphatic carbocycles. The van der Waals surface area contributed by atoms with Gasteiger partial charge in [-0.1, -0.05) is 24.3 Å². The van der Waals surface area contributed by atoms with Crippen LogP contribution >= 0.6 is 0 Å². The minimum absolute atomic E-state index is 0.000556. The second-order valence-electron chi connectivity index (χ2n) is 3.36. The molecule has 1 N–H and O–H groups in total. The molecule has 0 saturated carbocycles. The monoisotopic (exact) mass is 226 g/mol. The first-order chi connectivity index (χ1) is 6.95. The van der Waals surface area contributed by atoms with Crippen LogP contribution in [0.4, 0.5) is 0 Å². The summed E-state index contributed by atoms with van der Waals surface area (Å²) in [5.74, 6) is 0. The number of benzene rings is 1. The summed E-state index contributed by atoms with van der Waals surface area (Å²) in [6, 6.07) is 5.03. The number of aryl methyl sites for hydroxylation is 1. The van der Waals surface area contributed by atoms with Crippen molar-refractivity contribution >= 4 is 10.1 Å². The maximum absolute atomic E-state index is 11.1. The Bertz CT molecular complexity index is 473. The van der Waals surface area contributed by atoms with Crippen molar-refractivity contribution in [2.24, 2.45) is 0 Å². The zero-order chi connectivity index (χ0) is 11.5. The van der Waals surface area contributed by atoms with E-state index in [9.17, 15) is 8.42 Å². The van der Waals surface area contributed by atoms with E-state index in [0.717, 1.165) is 5.56 Å². The molecule has 0 aromatic heterocycles. The lowest BCUT2D eigenvalue weighted by atomic mass is 10.1. The van der Waals surface area contributed by atoms with E-state index in [1.807, 2.05) is 25.1 Å². The maximum atomic E-state index is 11.1. The third-order valence-corrected chi connectivity index (χ3v) is 3.01. The molecule has 1 aromatic carbocycles. The summed E-state index contributed by atoms with van der Waals surface area (Å²) in [6.07, 6.45) is 4.19. The standard InChI is InChI=1S/C11H14O3S/c1-3-4-5-10-7-6-9(2)8-11(10)15(12,13)14/h3-4,6-8H,5H2,1-2H3,(H,12,13,14). The summed E-state index contributed by atoms with van der Waals surface area (Å²) in [6.45, 7) is 3.65. The Morgan fingerprint density at radius 1 is 1.40 bits per heavy atom. The van der Waals surface area contributed by atoms with Crippen LogP contribution in [0, 0.1) is 6.92 Å². The average molecular weight is 226 g/mol. The molecular weight excluding hydrogens is 212 g/mol. The molecule has 0 saturated heterocycles. The van der Waals surface area contributed by atoms with Crippen molar-refractivity contribution in [3.05, 3.63) is 41.5 Å². The van der Waals surface area contributed by atoms with Gasteiger partial charge in [0.25, 0.3) is 10.1 Å². The molecule has 0 aliphatic heterocycles. The van der Waals surface area contributed by atoms with Crippen LogP contribution in [0.1, 0.15) is 18.1 Å². The molecule has 0 heterocycles. The molecule has 0 spiro atoms. The van der Waals surface area contributed by atoms with Gasteiger partial charge in [-0.05, 0) is 37.5 Å². The van der Waals surface area contributed by atoms with E-state index in [2.05, 4.69) is 0 Å². The van der Waals surface area contributed by atoms with Crippen LogP contribution in [0.5, 0.6) is 0 Å². The molecule has 82 valence electrons. The summed E-state index contributed by atoms with van der Waals surface area (Å²) in [5.41, 5.74) is 1.42. The molecule has 0 fully saturated rings. The highest BCUT2D eigenvalue weighted by Gasteiger charge is 2.14. The normalized spacial score (nSPS) is 12.2. The van der Waals surface area contributed by atoms with Crippen LogP contribution in [-0.2, 0) is 16.5 Å². The lowest BCUT2D eigenvalue weighted by Gasteiger charge is -2.05. The molecule has 0 aliphatic rings. The lowest BCUT2D eigenvalue weighted by molar-refractivity contribution is 0.482. The molecule has 1 rings (SSSR count). The molecule has 0 unspecified atom stereocenters. The summed E-state index contributed by atoms with van der Waals surface area (Å²) in [5, 5.41) is 0. The Labute approximate surface area is 90.2 Å². The molecule has 4 heteroatoms. The van der Waals surface area contributed by atoms with Crippen molar-refractivity contribution in [2.45, 2.75) is 25.2 Å². The molecule has 15 heavy (non-hydrogen) atoms. The average Bonchev–Trinajstić information content (AvgIpc) is 2.14. The summed E-state index contributed by atoms with van der Waals surface area (Å²) < 4.78 is 31.2. The quantitative estimate of drug-likeness (QED) is 0.636. The zero-order valence-corrected chi connectivity index (χ0v) is 9.58. The van der Waals surface area contributed by atoms with Crippen LogP contribution in [0.3, 0.4) is 0 Å². The maximum Gasteiger partial charge on any atom is 0.294 e. The Morgan fingerprint density at radius 3 is 2.60 bits per heavy atom. The fourth-order valence-electron chi connectivity index (χ4n) is 1.32. The second-order valence-corrected chi connectivity index (χ2v) is 4.75. The van der Waals surface area contributed by atoms with Gasteiger partial charge in [-0.25, -0.2) is 0 Å². The topological polar surface area (TPSA) is 54.4 Å². The van der Waals surface area contributed by atoms with Crippen molar-refractivity contribution in [2.75, 3.05) is 0 Å². The second kappa shape index (κ2) is 4.59. The first kappa shape index (κ1) is 11.9. The molecule has 0 atom stereocenters. The third kappa shape index (κ3) is 3.18. The predicted octanol–water partition coefficient (Wildman–Crippen LogP) is 2.36. The highest BCUT2D eigenvalue weighted by Crippen LogP contribution is 2.18. The van der Waals surface area contributed by atoms with Crippen molar-refractivity contribution in [1.29, 1.82) is 0 Å². The van der Waals surface area contributed by atoms with E-state index in [0.29, 0.717) is 12.0 Å². The summed E-state index contributed by atoms with van der Waals surface area (Å²) >= 11 is 0. The lowest BCUT2D eigenvalue weighted by Crippen LogP contribution is -2.03. The van der Waals surface area contributed by atoms with Crippen molar-refractivity contribution in [3.63, 3.8) is 0 Å². The van der Waals surface area contributed by atoms with E-state index in [1.54, 1.807) is 13.0 Å². The fraction of sp³-hybridized carbons (Fsp3) is 0.273. The number of hydrogen-bond donors (Lipinski definition) is 1. The van der Waals surface area contributed by atoms with E-state index < -0.39 is 10.1 Å². The van der Waals surface area contributed by atoms with Gasteiger partial charge in [-0.2, -0.15) is 8.42 Å². The van der Waals surface area contributed by atoms with E-state index >= 15 is 0 Å². The SMILES string of the molecule is CC=CCc1ccc(C)cc1S(=O)(=O)O. The third-order valence-electron chi connectivity index (χ3n) is 2.07. The zero-order valence-electron chi connectivity index (χ0n) is 8.77. The van der Waals surface area contributed by atoms with Gasteiger partial charge in [0.15, 0.2) is 0 Å². The number of allylic oxidation sites excluding steroid dienone is 2. The number of rotatable bonds is 3. The molecular formula is C11H14O3S. The summed E-state index contributed by atoms with van der Waals surface area (Å²) in [7, 11) is -4.12. The van der Waals surface area contributed by atoms with Crippen LogP contribution in [0.2, 0.25) is 0 Å². The van der Waals surface area contributed by atoms with Gasteiger partial charge < -0.3 is 0 Å². The molecule has 3 nitrogen and oxygen atoms in total. The van der Waals surface area contributed by atoms with Crippen LogP contribution in [0.25, 0.3) is 0 Å². The molecule has 0 radical (unpaired) electrons. The van der Waals surface area contributed by atoms with Crippen LogP contribution in [0.15, 0.2) is 35.2 Å². The highest BCUT2D eigenvalue weighted by atomic mass is 32.2. The van der Waals surface area contributed by atoms with E-state index in [-0.39, 0.29) is 4.90 Å². The Morgan fingerprint density at radius 2 is 2.07 bits per heavy atom. The minimum atomic E-state index is -4.12. The Balaban J connectivity index is 3.27. The van der Waals surface area contributed by atoms with E-state index in [1.165, 1.54) is 6.07 Å². The van der Waals surface area contributed by atoms with Gasteiger partial charge in [0.2, 0.25) is 0 Å². The van der Waals surface area contributed by atoms with Gasteiger partial charge in [-0.3, -0.25) is 4.55 Å². The van der Waals surface area contributed by atoms with Gasteiger partial charge in [-0.15, -0.1) is 0 Å². The van der Waals surface area contributed by atoms with Gasteiger partial charge in [0.05, 0.1) is 4.90 Å². The van der Waals surface area contributed by atoms with Crippen molar-refractivity contribution in [3.8, 4) is 0 Å². The smallest absolute Gasteiger partial charge is 0.282 e. The predicted molar refractivity (Wildman–Crippen MR) is 59.5 cm³/mol. The minimum Gasteiger partial charge on any atom is -0.282 e. The Hall–Kier alpha value is -1.13. The molecule has 0 bridgehead atoms. The van der Waals surface area contributed by atoms with Crippen molar-refractivity contribution < 1.29 is 13.0 Å². The largest absolute Gasteiger partial charge is 0.294 e. The fourth-order valence-corrected chi connectivity index (χ4v) is 2.13. The van der Waals surface area contributed by atoms with Gasteiger partial charge in [0.1, 0.15) is 0 Å². The first-order valence-electron chi connectivity index (χ1n) is 4.63. The number of hydrogen-bond acceptors (Lipinski definition) is 2. The van der Waals surface area contributed by atoms with Crippen LogP contribution < -0.4 is 0 Å². The first-order valence-corrected chi connectivity index (χ1v) is 6.07. The van der Waals surface area contributed by atoms with Crippen LogP contribution in [-0.4, -0.2) is 13.0 Å². The molecule has 0 amide bonds. The molecule has 1 aromatic rings. The Kier molecular flexibility index (Phi) is 3.66. The van der Waals surface area contributed by atoms with Crippen molar-refractivity contribution in [1.82, 2.24) is 0 Å². The van der Waals surface area contributed by atoms with E-state index in [4.69, 9.17) is 4.55 Å². The van der Waals surface area contributed by atoms with Gasteiger partial charge >= 0.3 is 0 Å². The highest BCUT2D eigenvalue weighted by molar-refractivity contribution is 7.85. The van der Waals surface area contributed by atoms with Gasteiger partial charge in [0, 0.05) is 0 Å². The summed E-state index contributed by atoms with van der Waals surface area (Å²) in [4.78, 5) is 0.000556.